The molecule has 2 aliphatic carbocycles. The van der Waals surface area contributed by atoms with Gasteiger partial charge in [0.05, 0.1) is 5.60 Å². The van der Waals surface area contributed by atoms with Crippen molar-refractivity contribution in [2.24, 2.45) is 11.8 Å². The van der Waals surface area contributed by atoms with E-state index in [4.69, 9.17) is 0 Å². The summed E-state index contributed by atoms with van der Waals surface area (Å²) in [6.45, 7) is 1.95. The van der Waals surface area contributed by atoms with Crippen molar-refractivity contribution >= 4 is 0 Å². The first-order valence-corrected chi connectivity index (χ1v) is 3.59. The summed E-state index contributed by atoms with van der Waals surface area (Å²) >= 11 is 0. The minimum Gasteiger partial charge on any atom is -0.390 e. The molecular weight excluding hydrogens is 112 g/mol. The fourth-order valence-corrected chi connectivity index (χ4v) is 2.07. The normalized spacial score (nSPS) is 54.9. The minimum absolute atomic E-state index is 0.376. The van der Waals surface area contributed by atoms with Crippen LogP contribution >= 0.6 is 0 Å². The van der Waals surface area contributed by atoms with E-state index in [2.05, 4.69) is 12.2 Å². The van der Waals surface area contributed by atoms with E-state index in [-0.39, 0.29) is 5.60 Å². The maximum absolute atomic E-state index is 9.63. The predicted molar refractivity (Wildman–Crippen MR) is 36.0 cm³/mol. The number of allylic oxidation sites excluding steroid dienone is 1. The highest BCUT2D eigenvalue weighted by molar-refractivity contribution is 5.15. The molecule has 0 aromatic rings. The zero-order valence-corrected chi connectivity index (χ0v) is 5.67. The molecule has 0 aliphatic heterocycles. The van der Waals surface area contributed by atoms with E-state index in [9.17, 15) is 5.11 Å². The standard InChI is InChI=1S/C8H12O/c1-8(9)5-6-2-3-7(8)4-6/h2-3,6-7,9H,4-5H2,1H3/t6-,7+,8-/m1/s1. The second-order valence-electron chi connectivity index (χ2n) is 3.55. The van der Waals surface area contributed by atoms with Crippen LogP contribution < -0.4 is 0 Å². The van der Waals surface area contributed by atoms with Crippen molar-refractivity contribution in [1.82, 2.24) is 0 Å². The Morgan fingerprint density at radius 1 is 1.56 bits per heavy atom. The summed E-state index contributed by atoms with van der Waals surface area (Å²) in [5, 5.41) is 9.63. The molecule has 1 N–H and O–H groups in total. The molecule has 0 aromatic heterocycles. The minimum atomic E-state index is -0.376. The Balaban J connectivity index is 2.29. The SMILES string of the molecule is C[C@@]1(O)C[C@@H]2C=C[C@H]1C2. The predicted octanol–water partition coefficient (Wildman–Crippen LogP) is 1.33. The molecule has 0 spiro atoms. The van der Waals surface area contributed by atoms with E-state index in [0.29, 0.717) is 11.8 Å². The molecule has 50 valence electrons. The molecule has 0 radical (unpaired) electrons. The maximum atomic E-state index is 9.63. The molecule has 0 amide bonds. The molecule has 1 saturated carbocycles. The monoisotopic (exact) mass is 124 g/mol. The summed E-state index contributed by atoms with van der Waals surface area (Å²) in [5.41, 5.74) is -0.376. The summed E-state index contributed by atoms with van der Waals surface area (Å²) < 4.78 is 0. The topological polar surface area (TPSA) is 20.2 Å². The second kappa shape index (κ2) is 1.40. The van der Waals surface area contributed by atoms with Gasteiger partial charge >= 0.3 is 0 Å². The van der Waals surface area contributed by atoms with Crippen LogP contribution in [0.2, 0.25) is 0 Å². The third kappa shape index (κ3) is 0.645. The number of fused-ring (bicyclic) bond motifs is 2. The lowest BCUT2D eigenvalue weighted by Crippen LogP contribution is -2.28. The van der Waals surface area contributed by atoms with Gasteiger partial charge in [-0.1, -0.05) is 12.2 Å². The molecule has 0 aromatic carbocycles. The van der Waals surface area contributed by atoms with Gasteiger partial charge in [-0.05, 0) is 25.7 Å². The van der Waals surface area contributed by atoms with Crippen molar-refractivity contribution in [2.45, 2.75) is 25.4 Å². The summed E-state index contributed by atoms with van der Waals surface area (Å²) in [4.78, 5) is 0. The Bertz CT molecular complexity index is 158. The van der Waals surface area contributed by atoms with Gasteiger partial charge < -0.3 is 5.11 Å². The van der Waals surface area contributed by atoms with Gasteiger partial charge in [0.15, 0.2) is 0 Å². The first-order chi connectivity index (χ1) is 4.18. The lowest BCUT2D eigenvalue weighted by Gasteiger charge is -2.24. The van der Waals surface area contributed by atoms with Gasteiger partial charge in [-0.15, -0.1) is 0 Å². The molecule has 9 heavy (non-hydrogen) atoms. The van der Waals surface area contributed by atoms with Crippen LogP contribution in [0, 0.1) is 11.8 Å². The van der Waals surface area contributed by atoms with Crippen LogP contribution in [-0.2, 0) is 0 Å². The van der Waals surface area contributed by atoms with E-state index in [0.717, 1.165) is 6.42 Å². The van der Waals surface area contributed by atoms with E-state index in [1.54, 1.807) is 0 Å². The molecule has 2 rings (SSSR count). The van der Waals surface area contributed by atoms with Gasteiger partial charge in [0.2, 0.25) is 0 Å². The lowest BCUT2D eigenvalue weighted by molar-refractivity contribution is 0.0344. The molecule has 2 aliphatic rings. The van der Waals surface area contributed by atoms with Gasteiger partial charge in [-0.3, -0.25) is 0 Å². The molecular formula is C8H12O. The molecule has 2 bridgehead atoms. The van der Waals surface area contributed by atoms with Crippen LogP contribution in [0.5, 0.6) is 0 Å². The van der Waals surface area contributed by atoms with Crippen LogP contribution in [0.1, 0.15) is 19.8 Å². The Labute approximate surface area is 55.4 Å². The smallest absolute Gasteiger partial charge is 0.0687 e. The summed E-state index contributed by atoms with van der Waals surface area (Å²) in [7, 11) is 0. The van der Waals surface area contributed by atoms with Gasteiger partial charge in [0, 0.05) is 5.92 Å². The summed E-state index contributed by atoms with van der Waals surface area (Å²) in [5.74, 6) is 1.15. The highest BCUT2D eigenvalue weighted by atomic mass is 16.3. The average molecular weight is 124 g/mol. The van der Waals surface area contributed by atoms with Gasteiger partial charge in [-0.25, -0.2) is 0 Å². The van der Waals surface area contributed by atoms with Gasteiger partial charge in [0.25, 0.3) is 0 Å². The highest BCUT2D eigenvalue weighted by Crippen LogP contribution is 2.45. The summed E-state index contributed by atoms with van der Waals surface area (Å²) in [6.07, 6.45) is 6.57. The third-order valence-electron chi connectivity index (χ3n) is 2.65. The Morgan fingerprint density at radius 3 is 2.56 bits per heavy atom. The van der Waals surface area contributed by atoms with Crippen molar-refractivity contribution in [3.63, 3.8) is 0 Å². The second-order valence-corrected chi connectivity index (χ2v) is 3.55. The molecule has 1 nitrogen and oxygen atoms in total. The quantitative estimate of drug-likeness (QED) is 0.483. The van der Waals surface area contributed by atoms with Gasteiger partial charge in [-0.2, -0.15) is 0 Å². The van der Waals surface area contributed by atoms with Crippen molar-refractivity contribution in [3.8, 4) is 0 Å². The number of rotatable bonds is 0. The molecule has 0 saturated heterocycles. The van der Waals surface area contributed by atoms with Crippen molar-refractivity contribution < 1.29 is 5.11 Å². The van der Waals surface area contributed by atoms with E-state index < -0.39 is 0 Å². The van der Waals surface area contributed by atoms with Crippen LogP contribution in [-0.4, -0.2) is 10.7 Å². The van der Waals surface area contributed by atoms with Crippen molar-refractivity contribution in [2.75, 3.05) is 0 Å². The van der Waals surface area contributed by atoms with Crippen LogP contribution in [0.3, 0.4) is 0 Å². The Kier molecular flexibility index (Phi) is 0.854. The number of aliphatic hydroxyl groups is 1. The Hall–Kier alpha value is -0.300. The average Bonchev–Trinajstić information content (AvgIpc) is 2.19. The zero-order chi connectivity index (χ0) is 6.48. The third-order valence-corrected chi connectivity index (χ3v) is 2.65. The molecule has 1 fully saturated rings. The van der Waals surface area contributed by atoms with Crippen molar-refractivity contribution in [3.05, 3.63) is 12.2 Å². The number of hydrogen-bond donors (Lipinski definition) is 1. The first-order valence-electron chi connectivity index (χ1n) is 3.59. The highest BCUT2D eigenvalue weighted by Gasteiger charge is 2.43. The van der Waals surface area contributed by atoms with E-state index in [1.165, 1.54) is 6.42 Å². The molecule has 0 heterocycles. The van der Waals surface area contributed by atoms with Crippen molar-refractivity contribution in [1.29, 1.82) is 0 Å². The fourth-order valence-electron chi connectivity index (χ4n) is 2.07. The van der Waals surface area contributed by atoms with E-state index >= 15 is 0 Å². The fraction of sp³-hybridized carbons (Fsp3) is 0.750. The lowest BCUT2D eigenvalue weighted by atomic mass is 9.91. The van der Waals surface area contributed by atoms with Crippen LogP contribution in [0.25, 0.3) is 0 Å². The van der Waals surface area contributed by atoms with Gasteiger partial charge in [0.1, 0.15) is 0 Å². The zero-order valence-electron chi connectivity index (χ0n) is 5.67. The maximum Gasteiger partial charge on any atom is 0.0687 e. The van der Waals surface area contributed by atoms with Crippen LogP contribution in [0.15, 0.2) is 12.2 Å². The largest absolute Gasteiger partial charge is 0.390 e. The molecule has 1 heteroatoms. The molecule has 0 unspecified atom stereocenters. The Morgan fingerprint density at radius 2 is 2.33 bits per heavy atom. The number of hydrogen-bond acceptors (Lipinski definition) is 1. The van der Waals surface area contributed by atoms with Crippen LogP contribution in [0.4, 0.5) is 0 Å². The molecule has 3 atom stereocenters. The summed E-state index contributed by atoms with van der Waals surface area (Å²) in [6, 6.07) is 0. The van der Waals surface area contributed by atoms with E-state index in [1.807, 2.05) is 6.92 Å². The first kappa shape index (κ1) is 5.48.